The second-order valence-corrected chi connectivity index (χ2v) is 5.04. The molecule has 0 unspecified atom stereocenters. The Labute approximate surface area is 117 Å². The molecular weight excluding hydrogens is 254 g/mol. The summed E-state index contributed by atoms with van der Waals surface area (Å²) < 4.78 is 2.10. The first-order chi connectivity index (χ1) is 9.63. The summed E-state index contributed by atoms with van der Waals surface area (Å²) in [6.45, 7) is 4.49. The molecule has 3 N–H and O–H groups in total. The quantitative estimate of drug-likeness (QED) is 0.781. The van der Waals surface area contributed by atoms with Gasteiger partial charge >= 0.3 is 0 Å². The van der Waals surface area contributed by atoms with Crippen LogP contribution in [-0.4, -0.2) is 22.1 Å². The van der Waals surface area contributed by atoms with Crippen LogP contribution in [0, 0.1) is 6.92 Å². The molecule has 5 nitrogen and oxygen atoms in total. The number of amides is 1. The van der Waals surface area contributed by atoms with Crippen LogP contribution >= 0.6 is 0 Å². The summed E-state index contributed by atoms with van der Waals surface area (Å²) in [7, 11) is 0. The highest BCUT2D eigenvalue weighted by atomic mass is 16.3. The van der Waals surface area contributed by atoms with Crippen LogP contribution in [0.15, 0.2) is 30.5 Å². The maximum atomic E-state index is 12.3. The topological polar surface area (TPSA) is 66.3 Å². The molecule has 0 aliphatic carbocycles. The van der Waals surface area contributed by atoms with Crippen LogP contribution in [0.1, 0.15) is 21.6 Å². The van der Waals surface area contributed by atoms with E-state index in [1.165, 1.54) is 0 Å². The molecule has 1 aliphatic rings. The van der Waals surface area contributed by atoms with Crippen molar-refractivity contribution in [3.05, 3.63) is 47.3 Å². The van der Waals surface area contributed by atoms with Gasteiger partial charge < -0.3 is 20.3 Å². The highest BCUT2D eigenvalue weighted by Gasteiger charge is 2.15. The average molecular weight is 271 g/mol. The maximum absolute atomic E-state index is 12.3. The normalized spacial score (nSPS) is 13.8. The van der Waals surface area contributed by atoms with Crippen LogP contribution in [0.3, 0.4) is 0 Å². The number of aromatic nitrogens is 1. The first-order valence-corrected chi connectivity index (χ1v) is 6.64. The van der Waals surface area contributed by atoms with E-state index in [9.17, 15) is 9.90 Å². The second kappa shape index (κ2) is 5.02. The third kappa shape index (κ3) is 2.40. The predicted molar refractivity (Wildman–Crippen MR) is 76.9 cm³/mol. The van der Waals surface area contributed by atoms with Gasteiger partial charge in [0.1, 0.15) is 5.75 Å². The lowest BCUT2D eigenvalue weighted by molar-refractivity contribution is 0.102. The molecule has 104 valence electrons. The van der Waals surface area contributed by atoms with Gasteiger partial charge in [-0.1, -0.05) is 6.07 Å². The van der Waals surface area contributed by atoms with Crippen molar-refractivity contribution in [2.45, 2.75) is 20.0 Å². The smallest absolute Gasteiger partial charge is 0.257 e. The Balaban J connectivity index is 1.82. The summed E-state index contributed by atoms with van der Waals surface area (Å²) in [6, 6.07) is 6.85. The van der Waals surface area contributed by atoms with Gasteiger partial charge in [0.2, 0.25) is 0 Å². The molecule has 0 fully saturated rings. The molecule has 20 heavy (non-hydrogen) atoms. The lowest BCUT2D eigenvalue weighted by Crippen LogP contribution is -2.27. The van der Waals surface area contributed by atoms with Crippen LogP contribution in [0.2, 0.25) is 0 Å². The van der Waals surface area contributed by atoms with Crippen molar-refractivity contribution in [2.75, 3.05) is 11.9 Å². The molecule has 1 aromatic carbocycles. The van der Waals surface area contributed by atoms with Crippen molar-refractivity contribution >= 4 is 11.6 Å². The summed E-state index contributed by atoms with van der Waals surface area (Å²) in [5, 5.41) is 15.6. The molecule has 0 bridgehead atoms. The number of phenols is 1. The Morgan fingerprint density at radius 3 is 3.05 bits per heavy atom. The SMILES string of the molecule is Cc1ccc(O)cc1NC(=O)c1cc2n(c1)CCNC2. The molecule has 1 aromatic heterocycles. The number of aryl methyl sites for hydroxylation is 1. The molecule has 2 aromatic rings. The van der Waals surface area contributed by atoms with E-state index in [-0.39, 0.29) is 11.7 Å². The number of phenolic OH excluding ortho intramolecular Hbond substituents is 1. The van der Waals surface area contributed by atoms with Crippen molar-refractivity contribution in [1.29, 1.82) is 0 Å². The van der Waals surface area contributed by atoms with E-state index in [0.717, 1.165) is 30.9 Å². The first kappa shape index (κ1) is 12.7. The number of rotatable bonds is 2. The first-order valence-electron chi connectivity index (χ1n) is 6.64. The number of carbonyl (C=O) groups excluding carboxylic acids is 1. The molecule has 0 spiro atoms. The molecule has 5 heteroatoms. The van der Waals surface area contributed by atoms with Crippen molar-refractivity contribution in [1.82, 2.24) is 9.88 Å². The van der Waals surface area contributed by atoms with Gasteiger partial charge in [-0.2, -0.15) is 0 Å². The zero-order chi connectivity index (χ0) is 14.1. The van der Waals surface area contributed by atoms with E-state index in [1.54, 1.807) is 18.2 Å². The molecular formula is C15H17N3O2. The van der Waals surface area contributed by atoms with Gasteiger partial charge in [-0.3, -0.25) is 4.79 Å². The fourth-order valence-corrected chi connectivity index (χ4v) is 2.39. The van der Waals surface area contributed by atoms with Crippen molar-refractivity contribution < 1.29 is 9.90 Å². The number of aromatic hydroxyl groups is 1. The fraction of sp³-hybridized carbons (Fsp3) is 0.267. The largest absolute Gasteiger partial charge is 0.508 e. The number of carbonyl (C=O) groups is 1. The van der Waals surface area contributed by atoms with Crippen LogP contribution in [0.25, 0.3) is 0 Å². The van der Waals surface area contributed by atoms with Crippen LogP contribution in [0.4, 0.5) is 5.69 Å². The third-order valence-electron chi connectivity index (χ3n) is 3.55. The van der Waals surface area contributed by atoms with Gasteiger partial charge in [-0.15, -0.1) is 0 Å². The fourth-order valence-electron chi connectivity index (χ4n) is 2.39. The summed E-state index contributed by atoms with van der Waals surface area (Å²) in [5.74, 6) is -0.00752. The van der Waals surface area contributed by atoms with E-state index < -0.39 is 0 Å². The molecule has 0 radical (unpaired) electrons. The minimum atomic E-state index is -0.152. The Morgan fingerprint density at radius 2 is 2.25 bits per heavy atom. The highest BCUT2D eigenvalue weighted by molar-refractivity contribution is 6.04. The molecule has 1 aliphatic heterocycles. The number of fused-ring (bicyclic) bond motifs is 1. The minimum Gasteiger partial charge on any atom is -0.508 e. The highest BCUT2D eigenvalue weighted by Crippen LogP contribution is 2.22. The van der Waals surface area contributed by atoms with Crippen molar-refractivity contribution in [3.63, 3.8) is 0 Å². The van der Waals surface area contributed by atoms with Crippen LogP contribution in [0.5, 0.6) is 5.75 Å². The zero-order valence-corrected chi connectivity index (χ0v) is 11.3. The number of hydrogen-bond donors (Lipinski definition) is 3. The predicted octanol–water partition coefficient (Wildman–Crippen LogP) is 1.86. The molecule has 2 heterocycles. The van der Waals surface area contributed by atoms with Gasteiger partial charge in [0.25, 0.3) is 5.91 Å². The van der Waals surface area contributed by atoms with Gasteiger partial charge in [-0.25, -0.2) is 0 Å². The standard InChI is InChI=1S/C15H17N3O2/c1-10-2-3-13(19)7-14(10)17-15(20)11-6-12-8-16-4-5-18(12)9-11/h2-3,6-7,9,16,19H,4-5,8H2,1H3,(H,17,20). The van der Waals surface area contributed by atoms with E-state index >= 15 is 0 Å². The van der Waals surface area contributed by atoms with E-state index in [1.807, 2.05) is 19.2 Å². The number of anilines is 1. The van der Waals surface area contributed by atoms with Crippen LogP contribution < -0.4 is 10.6 Å². The molecule has 3 rings (SSSR count). The summed E-state index contributed by atoms with van der Waals surface area (Å²) in [5.41, 5.74) is 3.32. The Kier molecular flexibility index (Phi) is 3.20. The van der Waals surface area contributed by atoms with Crippen molar-refractivity contribution in [3.8, 4) is 5.75 Å². The van der Waals surface area contributed by atoms with Crippen molar-refractivity contribution in [2.24, 2.45) is 0 Å². The molecule has 0 saturated heterocycles. The average Bonchev–Trinajstić information content (AvgIpc) is 2.87. The van der Waals surface area contributed by atoms with E-state index in [4.69, 9.17) is 0 Å². The van der Waals surface area contributed by atoms with Gasteiger partial charge in [-0.05, 0) is 24.6 Å². The second-order valence-electron chi connectivity index (χ2n) is 5.04. The molecule has 0 atom stereocenters. The third-order valence-corrected chi connectivity index (χ3v) is 3.55. The van der Waals surface area contributed by atoms with E-state index in [2.05, 4.69) is 15.2 Å². The van der Waals surface area contributed by atoms with Gasteiger partial charge in [0, 0.05) is 43.3 Å². The summed E-state index contributed by atoms with van der Waals surface area (Å²) in [4.78, 5) is 12.3. The maximum Gasteiger partial charge on any atom is 0.257 e. The zero-order valence-electron chi connectivity index (χ0n) is 11.3. The van der Waals surface area contributed by atoms with Gasteiger partial charge in [0.15, 0.2) is 0 Å². The summed E-state index contributed by atoms with van der Waals surface area (Å²) in [6.07, 6.45) is 1.88. The number of hydrogen-bond acceptors (Lipinski definition) is 3. The van der Waals surface area contributed by atoms with E-state index in [0.29, 0.717) is 11.3 Å². The molecule has 1 amide bonds. The Bertz CT molecular complexity index is 638. The summed E-state index contributed by atoms with van der Waals surface area (Å²) >= 11 is 0. The van der Waals surface area contributed by atoms with Gasteiger partial charge in [0.05, 0.1) is 5.56 Å². The monoisotopic (exact) mass is 271 g/mol. The Morgan fingerprint density at radius 1 is 1.40 bits per heavy atom. The lowest BCUT2D eigenvalue weighted by atomic mass is 10.2. The van der Waals surface area contributed by atoms with Crippen LogP contribution in [-0.2, 0) is 13.1 Å². The lowest BCUT2D eigenvalue weighted by Gasteiger charge is -2.15. The number of benzene rings is 1. The Hall–Kier alpha value is -2.27. The molecule has 0 saturated carbocycles. The number of nitrogens with one attached hydrogen (secondary N) is 2. The number of nitrogens with zero attached hydrogens (tertiary/aromatic N) is 1. The minimum absolute atomic E-state index is 0.145.